The number of aromatic amines is 1. The van der Waals surface area contributed by atoms with Crippen molar-refractivity contribution in [3.63, 3.8) is 0 Å². The highest BCUT2D eigenvalue weighted by Crippen LogP contribution is 2.37. The highest BCUT2D eigenvalue weighted by atomic mass is 35.5. The van der Waals surface area contributed by atoms with Gasteiger partial charge in [0.15, 0.2) is 0 Å². The Hall–Kier alpha value is -1.95. The summed E-state index contributed by atoms with van der Waals surface area (Å²) in [6.45, 7) is 7.02. The molecule has 30 heavy (non-hydrogen) atoms. The second-order valence-corrected chi connectivity index (χ2v) is 9.59. The van der Waals surface area contributed by atoms with E-state index in [9.17, 15) is 4.79 Å². The summed E-state index contributed by atoms with van der Waals surface area (Å²) in [7, 11) is 0. The number of carbonyl (C=O) groups excluding carboxylic acids is 1. The maximum absolute atomic E-state index is 13.1. The molecule has 2 N–H and O–H groups in total. The molecule has 0 aliphatic carbocycles. The van der Waals surface area contributed by atoms with Crippen LogP contribution in [0.25, 0.3) is 10.9 Å². The van der Waals surface area contributed by atoms with Gasteiger partial charge in [-0.2, -0.15) is 0 Å². The molecule has 4 rings (SSSR count). The lowest BCUT2D eigenvalue weighted by Gasteiger charge is -2.33. The number of nitrogens with one attached hydrogen (secondary N) is 2. The summed E-state index contributed by atoms with van der Waals surface area (Å²) in [6, 6.07) is 14.6. The van der Waals surface area contributed by atoms with Crippen molar-refractivity contribution in [1.82, 2.24) is 15.2 Å². The summed E-state index contributed by atoms with van der Waals surface area (Å²) in [6.07, 6.45) is 3.81. The number of halogens is 1. The minimum absolute atomic E-state index is 0.0509. The summed E-state index contributed by atoms with van der Waals surface area (Å²) < 4.78 is 0. The standard InChI is InChI=1S/C24H28ClN3OS/c1-16-6-11-20-21(15-16)27-22(23(20)30-19-9-7-18(25)8-10-19)24(29)26-12-14-28-13-4-3-5-17(28)2/h6-11,15,17,27H,3-5,12-14H2,1-2H3,(H,26,29)/t17-/m1/s1. The molecular weight excluding hydrogens is 414 g/mol. The van der Waals surface area contributed by atoms with Crippen LogP contribution in [-0.4, -0.2) is 41.5 Å². The average molecular weight is 442 g/mol. The number of fused-ring (bicyclic) bond motifs is 1. The van der Waals surface area contributed by atoms with Crippen molar-refractivity contribution < 1.29 is 4.79 Å². The summed E-state index contributed by atoms with van der Waals surface area (Å²) in [5.74, 6) is -0.0509. The van der Waals surface area contributed by atoms with Gasteiger partial charge in [0.05, 0.1) is 4.90 Å². The smallest absolute Gasteiger partial charge is 0.268 e. The van der Waals surface area contributed by atoms with E-state index in [1.807, 2.05) is 24.3 Å². The molecule has 0 saturated carbocycles. The zero-order valence-electron chi connectivity index (χ0n) is 17.5. The Morgan fingerprint density at radius 2 is 2.03 bits per heavy atom. The van der Waals surface area contributed by atoms with Crippen LogP contribution in [-0.2, 0) is 0 Å². The monoisotopic (exact) mass is 441 g/mol. The van der Waals surface area contributed by atoms with Crippen molar-refractivity contribution in [2.45, 2.75) is 48.9 Å². The molecule has 1 aliphatic heterocycles. The average Bonchev–Trinajstić information content (AvgIpc) is 3.08. The molecule has 0 unspecified atom stereocenters. The van der Waals surface area contributed by atoms with Gasteiger partial charge in [-0.05, 0) is 69.1 Å². The van der Waals surface area contributed by atoms with Crippen LogP contribution in [0.1, 0.15) is 42.2 Å². The van der Waals surface area contributed by atoms with Crippen LogP contribution in [0.4, 0.5) is 0 Å². The summed E-state index contributed by atoms with van der Waals surface area (Å²) in [5.41, 5.74) is 2.78. The van der Waals surface area contributed by atoms with Gasteiger partial charge in [-0.3, -0.25) is 9.69 Å². The normalized spacial score (nSPS) is 17.4. The third-order valence-corrected chi connectivity index (χ3v) is 7.18. The van der Waals surface area contributed by atoms with Gasteiger partial charge in [0.25, 0.3) is 5.91 Å². The molecule has 1 fully saturated rings. The number of benzene rings is 2. The Balaban J connectivity index is 1.54. The van der Waals surface area contributed by atoms with E-state index < -0.39 is 0 Å². The topological polar surface area (TPSA) is 48.1 Å². The summed E-state index contributed by atoms with van der Waals surface area (Å²) in [5, 5.41) is 4.90. The first kappa shape index (κ1) is 21.3. The summed E-state index contributed by atoms with van der Waals surface area (Å²) >= 11 is 7.63. The number of H-pyrrole nitrogens is 1. The molecule has 158 valence electrons. The Labute approximate surface area is 187 Å². The number of carbonyl (C=O) groups is 1. The van der Waals surface area contributed by atoms with Crippen LogP contribution in [0.15, 0.2) is 52.3 Å². The SMILES string of the molecule is Cc1ccc2c(Sc3ccc(Cl)cc3)c(C(=O)NCCN3CCCC[C@H]3C)[nH]c2c1. The highest BCUT2D eigenvalue weighted by molar-refractivity contribution is 7.99. The van der Waals surface area contributed by atoms with E-state index in [4.69, 9.17) is 11.6 Å². The van der Waals surface area contributed by atoms with Crippen molar-refractivity contribution in [3.05, 3.63) is 58.7 Å². The molecule has 2 aromatic carbocycles. The highest BCUT2D eigenvalue weighted by Gasteiger charge is 2.21. The zero-order chi connectivity index (χ0) is 21.1. The maximum atomic E-state index is 13.1. The number of likely N-dealkylation sites (tertiary alicyclic amines) is 1. The van der Waals surface area contributed by atoms with Crippen LogP contribution in [0.3, 0.4) is 0 Å². The first-order valence-electron chi connectivity index (χ1n) is 10.6. The van der Waals surface area contributed by atoms with E-state index in [0.29, 0.717) is 23.3 Å². The minimum Gasteiger partial charge on any atom is -0.350 e. The lowest BCUT2D eigenvalue weighted by atomic mass is 10.0. The lowest BCUT2D eigenvalue weighted by molar-refractivity contribution is 0.0931. The van der Waals surface area contributed by atoms with E-state index in [0.717, 1.165) is 39.3 Å². The molecular formula is C24H28ClN3OS. The molecule has 2 heterocycles. The Bertz CT molecular complexity index is 1030. The molecule has 0 radical (unpaired) electrons. The van der Waals surface area contributed by atoms with Gasteiger partial charge in [-0.25, -0.2) is 0 Å². The van der Waals surface area contributed by atoms with Gasteiger partial charge >= 0.3 is 0 Å². The number of hydrogen-bond acceptors (Lipinski definition) is 3. The number of aryl methyl sites for hydroxylation is 1. The molecule has 1 aromatic heterocycles. The summed E-state index contributed by atoms with van der Waals surface area (Å²) in [4.78, 5) is 20.9. The number of piperidine rings is 1. The first-order valence-corrected chi connectivity index (χ1v) is 11.8. The molecule has 1 aliphatic rings. The second kappa shape index (κ2) is 9.46. The fraction of sp³-hybridized carbons (Fsp3) is 0.375. The van der Waals surface area contributed by atoms with Gasteiger partial charge in [0.1, 0.15) is 5.69 Å². The van der Waals surface area contributed by atoms with Crippen LogP contribution in [0, 0.1) is 6.92 Å². The fourth-order valence-corrected chi connectivity index (χ4v) is 5.23. The Kier molecular flexibility index (Phi) is 6.71. The zero-order valence-corrected chi connectivity index (χ0v) is 19.1. The molecule has 4 nitrogen and oxygen atoms in total. The Morgan fingerprint density at radius 1 is 1.23 bits per heavy atom. The molecule has 1 atom stereocenters. The van der Waals surface area contributed by atoms with Crippen molar-refractivity contribution in [2.75, 3.05) is 19.6 Å². The molecule has 6 heteroatoms. The van der Waals surface area contributed by atoms with Crippen LogP contribution in [0.2, 0.25) is 5.02 Å². The molecule has 0 spiro atoms. The van der Waals surface area contributed by atoms with E-state index >= 15 is 0 Å². The van der Waals surface area contributed by atoms with Gasteiger partial charge in [0, 0.05) is 40.0 Å². The number of rotatable bonds is 6. The molecule has 1 amide bonds. The van der Waals surface area contributed by atoms with Gasteiger partial charge in [-0.1, -0.05) is 41.9 Å². The van der Waals surface area contributed by atoms with E-state index in [1.54, 1.807) is 11.8 Å². The van der Waals surface area contributed by atoms with E-state index in [1.165, 1.54) is 19.3 Å². The van der Waals surface area contributed by atoms with Gasteiger partial charge in [-0.15, -0.1) is 0 Å². The van der Waals surface area contributed by atoms with Crippen molar-refractivity contribution in [3.8, 4) is 0 Å². The third-order valence-electron chi connectivity index (χ3n) is 5.79. The maximum Gasteiger partial charge on any atom is 0.268 e. The number of nitrogens with zero attached hydrogens (tertiary/aromatic N) is 1. The van der Waals surface area contributed by atoms with Gasteiger partial charge in [0.2, 0.25) is 0 Å². The molecule has 3 aromatic rings. The van der Waals surface area contributed by atoms with Gasteiger partial charge < -0.3 is 10.3 Å². The molecule has 1 saturated heterocycles. The quantitative estimate of drug-likeness (QED) is 0.501. The second-order valence-electron chi connectivity index (χ2n) is 8.07. The Morgan fingerprint density at radius 3 is 2.80 bits per heavy atom. The van der Waals surface area contributed by atoms with Crippen molar-refractivity contribution in [1.29, 1.82) is 0 Å². The minimum atomic E-state index is -0.0509. The van der Waals surface area contributed by atoms with Crippen LogP contribution < -0.4 is 5.32 Å². The lowest BCUT2D eigenvalue weighted by Crippen LogP contribution is -2.42. The number of hydrogen-bond donors (Lipinski definition) is 2. The van der Waals surface area contributed by atoms with Crippen LogP contribution in [0.5, 0.6) is 0 Å². The molecule has 0 bridgehead atoms. The van der Waals surface area contributed by atoms with Crippen molar-refractivity contribution in [2.24, 2.45) is 0 Å². The predicted molar refractivity (Wildman–Crippen MR) is 126 cm³/mol. The third kappa shape index (κ3) is 4.85. The number of amides is 1. The largest absolute Gasteiger partial charge is 0.350 e. The van der Waals surface area contributed by atoms with Crippen LogP contribution >= 0.6 is 23.4 Å². The number of aromatic nitrogens is 1. The van der Waals surface area contributed by atoms with E-state index in [-0.39, 0.29) is 5.91 Å². The van der Waals surface area contributed by atoms with Crippen molar-refractivity contribution >= 4 is 40.2 Å². The predicted octanol–water partition coefficient (Wildman–Crippen LogP) is 5.89. The van der Waals surface area contributed by atoms with E-state index in [2.05, 4.69) is 47.2 Å². The fourth-order valence-electron chi connectivity index (χ4n) is 4.06. The first-order chi connectivity index (χ1) is 14.5.